The molecule has 3 rings (SSSR count). The molecule has 0 saturated carbocycles. The Morgan fingerprint density at radius 3 is 2.77 bits per heavy atom. The van der Waals surface area contributed by atoms with Gasteiger partial charge in [0.15, 0.2) is 5.69 Å². The van der Waals surface area contributed by atoms with Crippen molar-refractivity contribution in [2.45, 2.75) is 64.7 Å². The minimum absolute atomic E-state index is 0.105. The Morgan fingerprint density at radius 2 is 1.93 bits per heavy atom. The number of aromatic hydroxyl groups is 1. The van der Waals surface area contributed by atoms with Crippen LogP contribution in [0.25, 0.3) is 10.9 Å². The number of nitrogens with zero attached hydrogens (tertiary/aromatic N) is 3. The Kier molecular flexibility index (Phi) is 7.99. The molecule has 0 bridgehead atoms. The summed E-state index contributed by atoms with van der Waals surface area (Å²) < 4.78 is 0. The van der Waals surface area contributed by atoms with Crippen molar-refractivity contribution in [2.24, 2.45) is 16.1 Å². The molecule has 2 N–H and O–H groups in total. The van der Waals surface area contributed by atoms with Crippen molar-refractivity contribution in [3.63, 3.8) is 0 Å². The van der Waals surface area contributed by atoms with E-state index in [4.69, 9.17) is 0 Å². The summed E-state index contributed by atoms with van der Waals surface area (Å²) in [6, 6.07) is 7.33. The smallest absolute Gasteiger partial charge is 0.269 e. The number of nitrogens with one attached hydrogen (secondary N) is 1. The van der Waals surface area contributed by atoms with Crippen LogP contribution >= 0.6 is 0 Å². The van der Waals surface area contributed by atoms with Crippen molar-refractivity contribution >= 4 is 28.4 Å². The maximum absolute atomic E-state index is 12.6. The minimum Gasteiger partial charge on any atom is -0.493 e. The normalized spacial score (nSPS) is 17.1. The molecule has 1 aromatic heterocycles. The van der Waals surface area contributed by atoms with Crippen molar-refractivity contribution in [3.05, 3.63) is 24.3 Å². The average molecular weight is 413 g/mol. The molecule has 7 heteroatoms. The SMILES string of the molecule is CCCCCCCCC(=O)N1CCC[C@H](C(=O)N=Nc2c(O)[nH]c3ccccc23)C1. The number of likely N-dealkylation sites (tertiary alicyclic amines) is 1. The van der Waals surface area contributed by atoms with E-state index in [9.17, 15) is 14.7 Å². The number of benzene rings is 1. The maximum atomic E-state index is 12.6. The van der Waals surface area contributed by atoms with Gasteiger partial charge in [0.05, 0.1) is 11.4 Å². The number of hydrogen-bond acceptors (Lipinski definition) is 4. The van der Waals surface area contributed by atoms with Gasteiger partial charge in [0.2, 0.25) is 11.8 Å². The minimum atomic E-state index is -0.336. The number of azo groups is 1. The molecule has 1 fully saturated rings. The predicted octanol–water partition coefficient (Wildman–Crippen LogP) is 5.47. The summed E-state index contributed by atoms with van der Waals surface area (Å²) >= 11 is 0. The van der Waals surface area contributed by atoms with Gasteiger partial charge < -0.3 is 15.0 Å². The highest BCUT2D eigenvalue weighted by atomic mass is 16.3. The third-order valence-corrected chi connectivity index (χ3v) is 5.78. The Bertz CT molecular complexity index is 890. The van der Waals surface area contributed by atoms with Crippen LogP contribution in [-0.4, -0.2) is 39.9 Å². The number of fused-ring (bicyclic) bond motifs is 1. The Hall–Kier alpha value is -2.70. The van der Waals surface area contributed by atoms with E-state index in [0.29, 0.717) is 31.3 Å². The summed E-state index contributed by atoms with van der Waals surface area (Å²) in [4.78, 5) is 29.7. The van der Waals surface area contributed by atoms with Crippen LogP contribution in [0.3, 0.4) is 0 Å². The molecule has 2 heterocycles. The van der Waals surface area contributed by atoms with Crippen LogP contribution < -0.4 is 0 Å². The Balaban J connectivity index is 1.52. The van der Waals surface area contributed by atoms with Gasteiger partial charge in [-0.15, -0.1) is 10.2 Å². The second kappa shape index (κ2) is 10.9. The molecule has 162 valence electrons. The zero-order chi connectivity index (χ0) is 21.3. The van der Waals surface area contributed by atoms with Crippen LogP contribution in [-0.2, 0) is 9.59 Å². The fraction of sp³-hybridized carbons (Fsp3) is 0.565. The molecular formula is C23H32N4O3. The topological polar surface area (TPSA) is 98.1 Å². The number of rotatable bonds is 9. The van der Waals surface area contributed by atoms with Gasteiger partial charge in [0.1, 0.15) is 0 Å². The summed E-state index contributed by atoms with van der Waals surface area (Å²) in [6.45, 7) is 3.31. The van der Waals surface area contributed by atoms with Crippen molar-refractivity contribution in [3.8, 4) is 5.88 Å². The summed E-state index contributed by atoms with van der Waals surface area (Å²) in [5.74, 6) is -0.638. The van der Waals surface area contributed by atoms with E-state index in [1.165, 1.54) is 25.7 Å². The lowest BCUT2D eigenvalue weighted by Crippen LogP contribution is -2.41. The van der Waals surface area contributed by atoms with E-state index < -0.39 is 0 Å². The lowest BCUT2D eigenvalue weighted by atomic mass is 9.97. The third-order valence-electron chi connectivity index (χ3n) is 5.78. The highest BCUT2D eigenvalue weighted by Crippen LogP contribution is 2.35. The van der Waals surface area contributed by atoms with Crippen LogP contribution in [0.5, 0.6) is 5.88 Å². The van der Waals surface area contributed by atoms with Gasteiger partial charge in [-0.3, -0.25) is 9.59 Å². The molecule has 1 aliphatic heterocycles. The summed E-state index contributed by atoms with van der Waals surface area (Å²) in [5, 5.41) is 18.6. The maximum Gasteiger partial charge on any atom is 0.269 e. The van der Waals surface area contributed by atoms with Crippen LogP contribution in [0.15, 0.2) is 34.5 Å². The van der Waals surface area contributed by atoms with E-state index in [1.54, 1.807) is 4.90 Å². The largest absolute Gasteiger partial charge is 0.493 e. The molecule has 30 heavy (non-hydrogen) atoms. The second-order valence-electron chi connectivity index (χ2n) is 8.10. The number of carbonyl (C=O) groups excluding carboxylic acids is 2. The number of amides is 2. The van der Waals surface area contributed by atoms with Gasteiger partial charge in [-0.2, -0.15) is 0 Å². The molecule has 7 nitrogen and oxygen atoms in total. The van der Waals surface area contributed by atoms with Crippen molar-refractivity contribution in [1.82, 2.24) is 9.88 Å². The fourth-order valence-electron chi connectivity index (χ4n) is 4.02. The number of piperidine rings is 1. The predicted molar refractivity (Wildman–Crippen MR) is 117 cm³/mol. The van der Waals surface area contributed by atoms with Crippen LogP contribution in [0.4, 0.5) is 5.69 Å². The van der Waals surface area contributed by atoms with Crippen molar-refractivity contribution in [2.75, 3.05) is 13.1 Å². The number of aromatic nitrogens is 1. The lowest BCUT2D eigenvalue weighted by Gasteiger charge is -2.31. The Labute approximate surface area is 177 Å². The molecule has 2 amide bonds. The first-order chi connectivity index (χ1) is 14.6. The zero-order valence-electron chi connectivity index (χ0n) is 17.8. The van der Waals surface area contributed by atoms with Crippen LogP contribution in [0, 0.1) is 5.92 Å². The van der Waals surface area contributed by atoms with E-state index in [-0.39, 0.29) is 29.3 Å². The number of hydrogen-bond donors (Lipinski definition) is 2. The molecule has 1 aromatic carbocycles. The van der Waals surface area contributed by atoms with Gasteiger partial charge in [-0.1, -0.05) is 57.2 Å². The summed E-state index contributed by atoms with van der Waals surface area (Å²) in [7, 11) is 0. The first-order valence-electron chi connectivity index (χ1n) is 11.1. The number of aromatic amines is 1. The zero-order valence-corrected chi connectivity index (χ0v) is 17.8. The molecule has 2 aromatic rings. The number of carbonyl (C=O) groups is 2. The van der Waals surface area contributed by atoms with E-state index in [1.807, 2.05) is 24.3 Å². The van der Waals surface area contributed by atoms with E-state index >= 15 is 0 Å². The molecule has 1 atom stereocenters. The van der Waals surface area contributed by atoms with Gasteiger partial charge >= 0.3 is 0 Å². The van der Waals surface area contributed by atoms with Crippen LogP contribution in [0.1, 0.15) is 64.7 Å². The molecule has 0 aliphatic carbocycles. The molecule has 0 spiro atoms. The fourth-order valence-corrected chi connectivity index (χ4v) is 4.02. The number of H-pyrrole nitrogens is 1. The van der Waals surface area contributed by atoms with E-state index in [2.05, 4.69) is 22.1 Å². The summed E-state index contributed by atoms with van der Waals surface area (Å²) in [6.07, 6.45) is 8.96. The average Bonchev–Trinajstić information content (AvgIpc) is 3.09. The molecule has 1 saturated heterocycles. The summed E-state index contributed by atoms with van der Waals surface area (Å²) in [5.41, 5.74) is 1.01. The highest BCUT2D eigenvalue weighted by molar-refractivity contribution is 5.94. The van der Waals surface area contributed by atoms with Gasteiger partial charge in [0.25, 0.3) is 5.91 Å². The van der Waals surface area contributed by atoms with E-state index in [0.717, 1.165) is 24.8 Å². The van der Waals surface area contributed by atoms with Gasteiger partial charge in [-0.05, 0) is 25.3 Å². The first-order valence-corrected chi connectivity index (χ1v) is 11.1. The quantitative estimate of drug-likeness (QED) is 0.422. The van der Waals surface area contributed by atoms with Crippen LogP contribution in [0.2, 0.25) is 0 Å². The third kappa shape index (κ3) is 5.68. The Morgan fingerprint density at radius 1 is 1.17 bits per heavy atom. The number of para-hydroxylation sites is 1. The van der Waals surface area contributed by atoms with Gasteiger partial charge in [-0.25, -0.2) is 0 Å². The standard InChI is InChI=1S/C23H32N4O3/c1-2-3-4-5-6-7-14-20(28)27-15-10-11-17(16-27)22(29)26-25-21-18-12-8-9-13-19(18)24-23(21)30/h8-9,12-13,17,24,30H,2-7,10-11,14-16H2,1H3/t17-/m0/s1. The molecular weight excluding hydrogens is 380 g/mol. The lowest BCUT2D eigenvalue weighted by molar-refractivity contribution is -0.135. The van der Waals surface area contributed by atoms with Crippen molar-refractivity contribution < 1.29 is 14.7 Å². The molecule has 0 radical (unpaired) electrons. The number of unbranched alkanes of at least 4 members (excludes halogenated alkanes) is 5. The molecule has 1 aliphatic rings. The first kappa shape index (κ1) is 22.0. The van der Waals surface area contributed by atoms with Crippen molar-refractivity contribution in [1.29, 1.82) is 0 Å². The second-order valence-corrected chi connectivity index (χ2v) is 8.10. The monoisotopic (exact) mass is 412 g/mol. The van der Waals surface area contributed by atoms with Gasteiger partial charge in [0, 0.05) is 24.9 Å². The molecule has 0 unspecified atom stereocenters. The highest BCUT2D eigenvalue weighted by Gasteiger charge is 2.28.